The zero-order valence-corrected chi connectivity index (χ0v) is 25.8. The fourth-order valence-electron chi connectivity index (χ4n) is 3.86. The Balaban J connectivity index is 0.000000638. The number of halogens is 1. The number of aryl methyl sites for hydroxylation is 2. The van der Waals surface area contributed by atoms with Crippen molar-refractivity contribution in [3.63, 3.8) is 0 Å². The van der Waals surface area contributed by atoms with Crippen LogP contribution in [0.4, 0.5) is 4.39 Å². The molecule has 0 fully saturated rings. The van der Waals surface area contributed by atoms with Gasteiger partial charge in [0.1, 0.15) is 24.2 Å². The maximum absolute atomic E-state index is 12.6. The number of carbonyl (C=O) groups excluding carboxylic acids is 2. The molecule has 1 unspecified atom stereocenters. The van der Waals surface area contributed by atoms with E-state index < -0.39 is 6.04 Å². The van der Waals surface area contributed by atoms with Crippen molar-refractivity contribution in [2.45, 2.75) is 79.3 Å². The highest BCUT2D eigenvalue weighted by Crippen LogP contribution is 2.19. The maximum atomic E-state index is 12.6. The first kappa shape index (κ1) is 35.6. The molecule has 0 spiro atoms. The van der Waals surface area contributed by atoms with E-state index in [0.717, 1.165) is 29.7 Å². The lowest BCUT2D eigenvalue weighted by Gasteiger charge is -2.22. The summed E-state index contributed by atoms with van der Waals surface area (Å²) in [6, 6.07) is 14.1. The van der Waals surface area contributed by atoms with Crippen LogP contribution in [0.3, 0.4) is 0 Å². The molecule has 7 nitrogen and oxygen atoms in total. The Kier molecular flexibility index (Phi) is 17.8. The fraction of sp³-hybridized carbons (Fsp3) is 0.515. The Hall–Kier alpha value is -3.39. The third kappa shape index (κ3) is 16.5. The summed E-state index contributed by atoms with van der Waals surface area (Å²) in [4.78, 5) is 25.0. The highest BCUT2D eigenvalue weighted by Gasteiger charge is 2.21. The molecule has 0 saturated heterocycles. The molecule has 8 heteroatoms. The maximum Gasteiger partial charge on any atom is 0.242 e. The number of hydrogen-bond acceptors (Lipinski definition) is 5. The summed E-state index contributed by atoms with van der Waals surface area (Å²) in [6.07, 6.45) is 3.44. The second-order valence-corrected chi connectivity index (χ2v) is 10.8. The number of rotatable bonds is 2. The molecular weight excluding hydrogens is 519 g/mol. The van der Waals surface area contributed by atoms with Crippen LogP contribution in [0.15, 0.2) is 60.8 Å². The first-order chi connectivity index (χ1) is 19.5. The number of hydrogen-bond donors (Lipinski definition) is 4. The normalized spacial score (nSPS) is 18.8. The molecule has 41 heavy (non-hydrogen) atoms. The lowest BCUT2D eigenvalue weighted by Crippen LogP contribution is -2.50. The third-order valence-corrected chi connectivity index (χ3v) is 5.89. The zero-order valence-electron chi connectivity index (χ0n) is 25.8. The van der Waals surface area contributed by atoms with Gasteiger partial charge in [-0.25, -0.2) is 4.39 Å². The zero-order chi connectivity index (χ0) is 30.6. The molecule has 0 aliphatic carbocycles. The van der Waals surface area contributed by atoms with Crippen LogP contribution >= 0.6 is 0 Å². The van der Waals surface area contributed by atoms with Gasteiger partial charge in [-0.2, -0.15) is 0 Å². The Bertz CT molecular complexity index is 1040. The Morgan fingerprint density at radius 2 is 1.76 bits per heavy atom. The van der Waals surface area contributed by atoms with Gasteiger partial charge in [0, 0.05) is 24.8 Å². The van der Waals surface area contributed by atoms with E-state index in [1.165, 1.54) is 18.6 Å². The quantitative estimate of drug-likeness (QED) is 0.394. The van der Waals surface area contributed by atoms with Crippen molar-refractivity contribution in [2.24, 2.45) is 5.92 Å². The highest BCUT2D eigenvalue weighted by atomic mass is 19.1. The summed E-state index contributed by atoms with van der Waals surface area (Å²) in [5, 5.41) is 12.2. The van der Waals surface area contributed by atoms with Crippen molar-refractivity contribution in [3.8, 4) is 5.75 Å². The van der Waals surface area contributed by atoms with Gasteiger partial charge < -0.3 is 26.0 Å². The summed E-state index contributed by atoms with van der Waals surface area (Å²) < 4.78 is 18.2. The van der Waals surface area contributed by atoms with E-state index in [4.69, 9.17) is 4.74 Å². The number of ether oxygens (including phenoxy) is 1. The molecule has 1 aliphatic rings. The average molecular weight is 571 g/mol. The minimum atomic E-state index is -0.541. The predicted octanol–water partition coefficient (Wildman–Crippen LogP) is 5.29. The van der Waals surface area contributed by atoms with Crippen LogP contribution in [0, 0.1) is 18.7 Å². The Morgan fingerprint density at radius 1 is 1.05 bits per heavy atom. The molecule has 0 radical (unpaired) electrons. The number of para-hydroxylation sites is 1. The summed E-state index contributed by atoms with van der Waals surface area (Å²) in [6.45, 7) is 17.9. The van der Waals surface area contributed by atoms with Gasteiger partial charge in [-0.05, 0) is 68.4 Å². The molecule has 0 aromatic heterocycles. The van der Waals surface area contributed by atoms with Gasteiger partial charge in [0.25, 0.3) is 0 Å². The van der Waals surface area contributed by atoms with Crippen LogP contribution in [0.1, 0.15) is 65.0 Å². The topological polar surface area (TPSA) is 91.5 Å². The van der Waals surface area contributed by atoms with E-state index in [1.807, 2.05) is 52.0 Å². The molecule has 2 amide bonds. The molecule has 4 N–H and O–H groups in total. The number of amides is 2. The monoisotopic (exact) mass is 570 g/mol. The van der Waals surface area contributed by atoms with Crippen molar-refractivity contribution >= 4 is 11.8 Å². The van der Waals surface area contributed by atoms with Crippen molar-refractivity contribution in [2.75, 3.05) is 26.2 Å². The summed E-state index contributed by atoms with van der Waals surface area (Å²) in [5.41, 5.74) is 2.80. The molecule has 2 aromatic carbocycles. The molecule has 3 rings (SSSR count). The van der Waals surface area contributed by atoms with Crippen LogP contribution in [-0.4, -0.2) is 50.1 Å². The van der Waals surface area contributed by atoms with E-state index in [-0.39, 0.29) is 36.1 Å². The van der Waals surface area contributed by atoms with E-state index in [9.17, 15) is 14.0 Å². The second kappa shape index (κ2) is 20.5. The number of fused-ring (bicyclic) bond motifs is 1. The SMILES string of the molecule is C=C1CN[C@@H](C)COc2ccccc2CCCNC(=O)C(CC(C)C)NC(=O)CN1.CCC.Cc1cccc(F)c1. The van der Waals surface area contributed by atoms with E-state index in [0.29, 0.717) is 31.8 Å². The number of benzene rings is 2. The minimum absolute atomic E-state index is 0.0840. The molecule has 0 bridgehead atoms. The predicted molar refractivity (Wildman–Crippen MR) is 166 cm³/mol. The third-order valence-electron chi connectivity index (χ3n) is 5.89. The molecule has 2 atom stereocenters. The molecule has 0 saturated carbocycles. The fourth-order valence-corrected chi connectivity index (χ4v) is 3.86. The minimum Gasteiger partial charge on any atom is -0.492 e. The van der Waals surface area contributed by atoms with E-state index in [1.54, 1.807) is 6.07 Å². The Labute approximate surface area is 246 Å². The van der Waals surface area contributed by atoms with E-state index in [2.05, 4.69) is 47.8 Å². The summed E-state index contributed by atoms with van der Waals surface area (Å²) in [5.74, 6) is 0.641. The van der Waals surface area contributed by atoms with Crippen LogP contribution < -0.4 is 26.0 Å². The Morgan fingerprint density at radius 3 is 2.39 bits per heavy atom. The standard InChI is InChI=1S/C23H36N4O3.C7H7F.C3H8/c1-16(2)12-20-23(29)24-11-7-9-19-8-5-6-10-21(19)30-15-18(4)25-13-17(3)26-14-22(28)27-20;1-6-3-2-4-7(8)5-6;1-3-2/h5-6,8,10,16,18,20,25-26H,3,7,9,11-15H2,1-2,4H3,(H,24,29)(H,27,28);2-5H,1H3;3H2,1-2H3/t18-,20?;;/m0../s1. The molecule has 1 aliphatic heterocycles. The van der Waals surface area contributed by atoms with Crippen LogP contribution in [0.2, 0.25) is 0 Å². The average Bonchev–Trinajstić information content (AvgIpc) is 2.92. The van der Waals surface area contributed by atoms with Gasteiger partial charge in [-0.1, -0.05) is 71.0 Å². The van der Waals surface area contributed by atoms with Crippen LogP contribution in [0.5, 0.6) is 5.75 Å². The summed E-state index contributed by atoms with van der Waals surface area (Å²) in [7, 11) is 0. The molecule has 2 aromatic rings. The van der Waals surface area contributed by atoms with Gasteiger partial charge in [-0.15, -0.1) is 0 Å². The van der Waals surface area contributed by atoms with Gasteiger partial charge in [-0.3, -0.25) is 9.59 Å². The smallest absolute Gasteiger partial charge is 0.242 e. The van der Waals surface area contributed by atoms with Gasteiger partial charge in [0.2, 0.25) is 11.8 Å². The first-order valence-electron chi connectivity index (χ1n) is 14.7. The van der Waals surface area contributed by atoms with E-state index >= 15 is 0 Å². The van der Waals surface area contributed by atoms with Gasteiger partial charge >= 0.3 is 0 Å². The highest BCUT2D eigenvalue weighted by molar-refractivity contribution is 5.88. The van der Waals surface area contributed by atoms with Crippen molar-refractivity contribution in [3.05, 3.63) is 77.8 Å². The number of nitrogens with one attached hydrogen (secondary N) is 4. The first-order valence-corrected chi connectivity index (χ1v) is 14.7. The van der Waals surface area contributed by atoms with Gasteiger partial charge in [0.15, 0.2) is 0 Å². The molecular formula is C33H51FN4O3. The number of carbonyl (C=O) groups is 2. The van der Waals surface area contributed by atoms with Crippen molar-refractivity contribution in [1.82, 2.24) is 21.3 Å². The van der Waals surface area contributed by atoms with Crippen LogP contribution in [0.25, 0.3) is 0 Å². The van der Waals surface area contributed by atoms with Gasteiger partial charge in [0.05, 0.1) is 6.54 Å². The molecule has 1 heterocycles. The largest absolute Gasteiger partial charge is 0.492 e. The lowest BCUT2D eigenvalue weighted by atomic mass is 10.0. The summed E-state index contributed by atoms with van der Waals surface area (Å²) >= 11 is 0. The molecule has 228 valence electrons. The lowest BCUT2D eigenvalue weighted by molar-refractivity contribution is -0.128. The van der Waals surface area contributed by atoms with Crippen molar-refractivity contribution in [1.29, 1.82) is 0 Å². The van der Waals surface area contributed by atoms with Crippen molar-refractivity contribution < 1.29 is 18.7 Å². The van der Waals surface area contributed by atoms with Crippen LogP contribution in [-0.2, 0) is 16.0 Å². The second-order valence-electron chi connectivity index (χ2n) is 10.8.